The van der Waals surface area contributed by atoms with Crippen molar-refractivity contribution in [1.29, 1.82) is 0 Å². The maximum atomic E-state index is 2.51. The Kier molecular flexibility index (Phi) is 8.92. The molecule has 0 saturated heterocycles. The number of fused-ring (bicyclic) bond motifs is 3. The van der Waals surface area contributed by atoms with Gasteiger partial charge in [0.2, 0.25) is 0 Å². The Morgan fingerprint density at radius 2 is 0.690 bits per heavy atom. The number of hydrogen-bond donors (Lipinski definition) is 0. The highest BCUT2D eigenvalue weighted by Gasteiger charge is 2.37. The first-order chi connectivity index (χ1) is 28.6. The number of nitrogens with zero attached hydrogens (tertiary/aromatic N) is 1. The van der Waals surface area contributed by atoms with E-state index in [2.05, 4.69) is 243 Å². The van der Waals surface area contributed by atoms with Gasteiger partial charge in [-0.05, 0) is 85.5 Å². The van der Waals surface area contributed by atoms with Gasteiger partial charge in [0.05, 0.1) is 17.1 Å². The molecule has 0 amide bonds. The summed E-state index contributed by atoms with van der Waals surface area (Å²) in [7, 11) is 0. The second-order valence-electron chi connectivity index (χ2n) is 15.7. The Bertz CT molecular complexity index is 2890. The minimum Gasteiger partial charge on any atom is -0.309 e. The van der Waals surface area contributed by atoms with Crippen molar-refractivity contribution >= 4 is 17.1 Å². The Balaban J connectivity index is 1.24. The summed E-state index contributed by atoms with van der Waals surface area (Å²) in [4.78, 5) is 2.51. The Hall–Kier alpha value is -7.22. The van der Waals surface area contributed by atoms with Crippen molar-refractivity contribution in [2.24, 2.45) is 0 Å². The summed E-state index contributed by atoms with van der Waals surface area (Å²) in [6.07, 6.45) is 0. The fraction of sp³-hybridized carbons (Fsp3) is 0.0526. The van der Waals surface area contributed by atoms with E-state index in [1.54, 1.807) is 0 Å². The molecule has 1 nitrogen and oxygen atoms in total. The molecule has 0 aromatic heterocycles. The quantitative estimate of drug-likeness (QED) is 0.150. The second kappa shape index (κ2) is 14.7. The van der Waals surface area contributed by atoms with E-state index >= 15 is 0 Å². The van der Waals surface area contributed by atoms with Crippen LogP contribution in [0.2, 0.25) is 0 Å². The van der Waals surface area contributed by atoms with Crippen molar-refractivity contribution in [2.75, 3.05) is 4.90 Å². The Labute approximate surface area is 342 Å². The van der Waals surface area contributed by atoms with Crippen LogP contribution < -0.4 is 4.90 Å². The molecular formula is C57H43N. The number of rotatable bonds is 8. The zero-order valence-corrected chi connectivity index (χ0v) is 32.8. The molecule has 58 heavy (non-hydrogen) atoms. The topological polar surface area (TPSA) is 3.24 Å². The molecule has 9 aromatic rings. The second-order valence-corrected chi connectivity index (χ2v) is 15.7. The number of anilines is 3. The van der Waals surface area contributed by atoms with Gasteiger partial charge in [-0.1, -0.05) is 214 Å². The molecule has 1 heteroatoms. The van der Waals surface area contributed by atoms with E-state index in [4.69, 9.17) is 0 Å². The summed E-state index contributed by atoms with van der Waals surface area (Å²) < 4.78 is 0. The lowest BCUT2D eigenvalue weighted by atomic mass is 9.82. The van der Waals surface area contributed by atoms with E-state index in [1.165, 1.54) is 61.2 Å². The molecule has 0 atom stereocenters. The van der Waals surface area contributed by atoms with Gasteiger partial charge >= 0.3 is 0 Å². The van der Waals surface area contributed by atoms with E-state index in [1.807, 2.05) is 0 Å². The highest BCUT2D eigenvalue weighted by molar-refractivity contribution is 6.02. The monoisotopic (exact) mass is 741 g/mol. The van der Waals surface area contributed by atoms with Crippen LogP contribution in [0.3, 0.4) is 0 Å². The number of para-hydroxylation sites is 2. The largest absolute Gasteiger partial charge is 0.309 e. The molecule has 0 N–H and O–H groups in total. The van der Waals surface area contributed by atoms with Crippen LogP contribution in [0.5, 0.6) is 0 Å². The van der Waals surface area contributed by atoms with Gasteiger partial charge in [-0.25, -0.2) is 0 Å². The fourth-order valence-electron chi connectivity index (χ4n) is 9.04. The molecular weight excluding hydrogens is 699 g/mol. The lowest BCUT2D eigenvalue weighted by Crippen LogP contribution is -2.15. The summed E-state index contributed by atoms with van der Waals surface area (Å²) in [6.45, 7) is 4.72. The minimum absolute atomic E-state index is 0.108. The van der Waals surface area contributed by atoms with Crippen molar-refractivity contribution in [2.45, 2.75) is 19.3 Å². The molecule has 0 aliphatic heterocycles. The maximum absolute atomic E-state index is 2.51. The standard InChI is InChI=1S/C57H43N/c1-57(2)51-29-15-12-27-49(51)56-48(28-18-30-52(56)57)47-26-14-17-32-54(47)58(53-31-16-13-25-46(53)44-35-33-42(34-36-44)40-19-6-3-7-20-40)55-38-37-45(41-21-8-4-9-22-41)39-50(55)43-23-10-5-11-24-43/h3-39H,1-2H3. The van der Waals surface area contributed by atoms with Crippen molar-refractivity contribution < 1.29 is 0 Å². The summed E-state index contributed by atoms with van der Waals surface area (Å²) in [5.41, 5.74) is 20.5. The predicted octanol–water partition coefficient (Wildman–Crippen LogP) is 15.8. The highest BCUT2D eigenvalue weighted by atomic mass is 15.1. The smallest absolute Gasteiger partial charge is 0.0540 e. The minimum atomic E-state index is -0.108. The van der Waals surface area contributed by atoms with Crippen LogP contribution in [0.25, 0.3) is 66.8 Å². The molecule has 0 heterocycles. The van der Waals surface area contributed by atoms with E-state index in [0.717, 1.165) is 33.8 Å². The SMILES string of the molecule is CC1(C)c2ccccc2-c2c(-c3ccccc3N(c3ccccc3-c3ccc(-c4ccccc4)cc3)c3ccc(-c4ccccc4)cc3-c3ccccc3)cccc21. The first-order valence-electron chi connectivity index (χ1n) is 20.2. The van der Waals surface area contributed by atoms with Crippen molar-refractivity contribution in [3.05, 3.63) is 236 Å². The van der Waals surface area contributed by atoms with Crippen LogP contribution in [0.4, 0.5) is 17.1 Å². The Morgan fingerprint density at radius 1 is 0.276 bits per heavy atom. The molecule has 0 bridgehead atoms. The van der Waals surface area contributed by atoms with E-state index in [9.17, 15) is 0 Å². The summed E-state index contributed by atoms with van der Waals surface area (Å²) in [5, 5.41) is 0. The van der Waals surface area contributed by atoms with Gasteiger partial charge < -0.3 is 4.90 Å². The van der Waals surface area contributed by atoms with E-state index in [-0.39, 0.29) is 5.41 Å². The first-order valence-corrected chi connectivity index (χ1v) is 20.2. The lowest BCUT2D eigenvalue weighted by Gasteiger charge is -2.32. The van der Waals surface area contributed by atoms with Crippen LogP contribution in [0.15, 0.2) is 224 Å². The molecule has 276 valence electrons. The molecule has 0 saturated carbocycles. The van der Waals surface area contributed by atoms with Crippen molar-refractivity contribution in [1.82, 2.24) is 0 Å². The molecule has 0 spiro atoms. The maximum Gasteiger partial charge on any atom is 0.0540 e. The van der Waals surface area contributed by atoms with Gasteiger partial charge in [0, 0.05) is 22.1 Å². The van der Waals surface area contributed by atoms with Crippen molar-refractivity contribution in [3.63, 3.8) is 0 Å². The molecule has 9 aromatic carbocycles. The van der Waals surface area contributed by atoms with Gasteiger partial charge in [0.1, 0.15) is 0 Å². The fourth-order valence-corrected chi connectivity index (χ4v) is 9.04. The summed E-state index contributed by atoms with van der Waals surface area (Å²) in [5.74, 6) is 0. The zero-order valence-electron chi connectivity index (χ0n) is 32.8. The van der Waals surface area contributed by atoms with Gasteiger partial charge in [-0.15, -0.1) is 0 Å². The first kappa shape index (κ1) is 35.2. The Morgan fingerprint density at radius 3 is 1.36 bits per heavy atom. The molecule has 1 aliphatic carbocycles. The average molecular weight is 742 g/mol. The molecule has 0 radical (unpaired) electrons. The predicted molar refractivity (Wildman–Crippen MR) is 246 cm³/mol. The van der Waals surface area contributed by atoms with Gasteiger partial charge in [-0.3, -0.25) is 0 Å². The highest BCUT2D eigenvalue weighted by Crippen LogP contribution is 2.55. The number of benzene rings is 9. The van der Waals surface area contributed by atoms with Crippen LogP contribution in [-0.2, 0) is 5.41 Å². The zero-order chi connectivity index (χ0) is 39.1. The third kappa shape index (κ3) is 6.13. The van der Waals surface area contributed by atoms with Gasteiger partial charge in [-0.2, -0.15) is 0 Å². The molecule has 10 rings (SSSR count). The van der Waals surface area contributed by atoms with Gasteiger partial charge in [0.15, 0.2) is 0 Å². The number of hydrogen-bond acceptors (Lipinski definition) is 1. The lowest BCUT2D eigenvalue weighted by molar-refractivity contribution is 0.660. The van der Waals surface area contributed by atoms with Gasteiger partial charge in [0.25, 0.3) is 0 Å². The van der Waals surface area contributed by atoms with E-state index < -0.39 is 0 Å². The normalized spacial score (nSPS) is 12.4. The average Bonchev–Trinajstić information content (AvgIpc) is 3.54. The van der Waals surface area contributed by atoms with Crippen LogP contribution in [0, 0.1) is 0 Å². The molecule has 0 unspecified atom stereocenters. The molecule has 0 fully saturated rings. The van der Waals surface area contributed by atoms with Crippen LogP contribution >= 0.6 is 0 Å². The van der Waals surface area contributed by atoms with E-state index in [0.29, 0.717) is 0 Å². The third-order valence-corrected chi connectivity index (χ3v) is 11.9. The van der Waals surface area contributed by atoms with Crippen molar-refractivity contribution in [3.8, 4) is 66.8 Å². The molecule has 1 aliphatic rings. The summed E-state index contributed by atoms with van der Waals surface area (Å²) >= 11 is 0. The van der Waals surface area contributed by atoms with Crippen LogP contribution in [-0.4, -0.2) is 0 Å². The summed E-state index contributed by atoms with van der Waals surface area (Å²) in [6, 6.07) is 81.9. The third-order valence-electron chi connectivity index (χ3n) is 11.9. The van der Waals surface area contributed by atoms with Crippen LogP contribution in [0.1, 0.15) is 25.0 Å².